The fourth-order valence-electron chi connectivity index (χ4n) is 3.71. The number of carbonyl (C=O) groups is 1. The Morgan fingerprint density at radius 1 is 1.48 bits per heavy atom. The monoisotopic (exact) mass is 308 g/mol. The van der Waals surface area contributed by atoms with E-state index < -0.39 is 0 Å². The lowest BCUT2D eigenvalue weighted by molar-refractivity contribution is -0.145. The quantitative estimate of drug-likeness (QED) is 0.866. The number of aryl methyl sites for hydroxylation is 1. The van der Waals surface area contributed by atoms with Gasteiger partial charge in [-0.1, -0.05) is 0 Å². The largest absolute Gasteiger partial charge is 0.465 e. The van der Waals surface area contributed by atoms with Crippen molar-refractivity contribution in [2.75, 3.05) is 11.9 Å². The molecule has 2 aliphatic heterocycles. The summed E-state index contributed by atoms with van der Waals surface area (Å²) in [6.07, 6.45) is 5.98. The first-order valence-electron chi connectivity index (χ1n) is 7.83. The van der Waals surface area contributed by atoms with Gasteiger partial charge in [0.2, 0.25) is 0 Å². The predicted octanol–water partition coefficient (Wildman–Crippen LogP) is 2.47. The first-order valence-corrected chi connectivity index (χ1v) is 8.64. The van der Waals surface area contributed by atoms with Crippen molar-refractivity contribution < 1.29 is 14.3 Å². The molecule has 2 bridgehead atoms. The van der Waals surface area contributed by atoms with Gasteiger partial charge >= 0.3 is 5.97 Å². The summed E-state index contributed by atoms with van der Waals surface area (Å²) in [6, 6.07) is 0.385. The van der Waals surface area contributed by atoms with E-state index in [1.165, 1.54) is 11.3 Å². The molecule has 2 saturated heterocycles. The number of ether oxygens (including phenoxy) is 2. The van der Waals surface area contributed by atoms with Crippen LogP contribution in [0.2, 0.25) is 0 Å². The molecule has 0 amide bonds. The van der Waals surface area contributed by atoms with E-state index in [1.54, 1.807) is 11.3 Å². The molecule has 4 unspecified atom stereocenters. The Balaban J connectivity index is 1.47. The highest BCUT2D eigenvalue weighted by Gasteiger charge is 2.41. The predicted molar refractivity (Wildman–Crippen MR) is 79.7 cm³/mol. The average molecular weight is 308 g/mol. The summed E-state index contributed by atoms with van der Waals surface area (Å²) in [7, 11) is 0. The van der Waals surface area contributed by atoms with Crippen LogP contribution in [0.4, 0.5) is 5.13 Å². The van der Waals surface area contributed by atoms with Gasteiger partial charge in [0.15, 0.2) is 5.13 Å². The van der Waals surface area contributed by atoms with Gasteiger partial charge in [-0.3, -0.25) is 4.79 Å². The normalized spacial score (nSPS) is 33.2. The van der Waals surface area contributed by atoms with Crippen LogP contribution in [0.1, 0.15) is 49.1 Å². The van der Waals surface area contributed by atoms with Gasteiger partial charge in [0.1, 0.15) is 5.92 Å². The van der Waals surface area contributed by atoms with E-state index in [1.807, 2.05) is 6.92 Å². The van der Waals surface area contributed by atoms with Crippen LogP contribution in [0.15, 0.2) is 0 Å². The number of carbonyl (C=O) groups excluding carboxylic acids is 1. The Morgan fingerprint density at radius 3 is 3.10 bits per heavy atom. The van der Waals surface area contributed by atoms with Gasteiger partial charge < -0.3 is 14.8 Å². The van der Waals surface area contributed by atoms with Gasteiger partial charge in [0.05, 0.1) is 30.6 Å². The standard InChI is InChI=1S/C15H20N2O3S/c1-2-19-14(18)9-4-6-12-13(9)17-15(21-12)16-10-7-8-3-5-11(10)20-8/h8-11H,2-7H2,1H3,(H,16,17). The molecule has 114 valence electrons. The minimum Gasteiger partial charge on any atom is -0.465 e. The maximum atomic E-state index is 12.0. The summed E-state index contributed by atoms with van der Waals surface area (Å²) >= 11 is 1.69. The number of nitrogens with zero attached hydrogens (tertiary/aromatic N) is 1. The second kappa shape index (κ2) is 5.25. The van der Waals surface area contributed by atoms with Gasteiger partial charge in [-0.15, -0.1) is 11.3 Å². The second-order valence-corrected chi connectivity index (χ2v) is 7.11. The van der Waals surface area contributed by atoms with E-state index in [-0.39, 0.29) is 11.9 Å². The van der Waals surface area contributed by atoms with Gasteiger partial charge in [-0.05, 0) is 39.0 Å². The van der Waals surface area contributed by atoms with Crippen molar-refractivity contribution in [3.63, 3.8) is 0 Å². The smallest absolute Gasteiger partial charge is 0.315 e. The lowest BCUT2D eigenvalue weighted by Crippen LogP contribution is -2.30. The molecular weight excluding hydrogens is 288 g/mol. The molecule has 0 radical (unpaired) electrons. The van der Waals surface area contributed by atoms with E-state index in [9.17, 15) is 4.79 Å². The molecule has 0 saturated carbocycles. The molecule has 5 nitrogen and oxygen atoms in total. The topological polar surface area (TPSA) is 60.5 Å². The van der Waals surface area contributed by atoms with Crippen LogP contribution in [0.25, 0.3) is 0 Å². The molecular formula is C15H20N2O3S. The third-order valence-corrected chi connectivity index (χ3v) is 5.77. The van der Waals surface area contributed by atoms with Crippen LogP contribution in [0.3, 0.4) is 0 Å². The minimum absolute atomic E-state index is 0.128. The lowest BCUT2D eigenvalue weighted by Gasteiger charge is -2.19. The molecule has 3 heterocycles. The summed E-state index contributed by atoms with van der Waals surface area (Å²) in [5.74, 6) is -0.292. The Bertz CT molecular complexity index is 559. The van der Waals surface area contributed by atoms with E-state index in [0.29, 0.717) is 24.9 Å². The Hall–Kier alpha value is -1.14. The first kappa shape index (κ1) is 13.5. The molecule has 3 aliphatic rings. The molecule has 1 aromatic rings. The van der Waals surface area contributed by atoms with Crippen molar-refractivity contribution >= 4 is 22.4 Å². The summed E-state index contributed by atoms with van der Waals surface area (Å²) in [6.45, 7) is 2.28. The van der Waals surface area contributed by atoms with Crippen LogP contribution in [-0.2, 0) is 20.7 Å². The second-order valence-electron chi connectivity index (χ2n) is 6.03. The maximum Gasteiger partial charge on any atom is 0.315 e. The number of aromatic nitrogens is 1. The van der Waals surface area contributed by atoms with Gasteiger partial charge in [-0.25, -0.2) is 4.98 Å². The summed E-state index contributed by atoms with van der Waals surface area (Å²) in [5.41, 5.74) is 0.935. The van der Waals surface area contributed by atoms with Crippen molar-refractivity contribution in [3.8, 4) is 0 Å². The van der Waals surface area contributed by atoms with Crippen molar-refractivity contribution in [2.45, 2.75) is 63.2 Å². The van der Waals surface area contributed by atoms with Gasteiger partial charge in [0, 0.05) is 4.88 Å². The molecule has 21 heavy (non-hydrogen) atoms. The first-order chi connectivity index (χ1) is 10.2. The number of fused-ring (bicyclic) bond motifs is 3. The SMILES string of the molecule is CCOC(=O)C1CCc2sc(NC3CC4CCC3O4)nc21. The van der Waals surface area contributed by atoms with E-state index >= 15 is 0 Å². The van der Waals surface area contributed by atoms with Crippen LogP contribution < -0.4 is 5.32 Å². The zero-order valence-electron chi connectivity index (χ0n) is 12.1. The third kappa shape index (κ3) is 2.34. The van der Waals surface area contributed by atoms with Gasteiger partial charge in [-0.2, -0.15) is 0 Å². The zero-order valence-corrected chi connectivity index (χ0v) is 12.9. The molecule has 6 heteroatoms. The summed E-state index contributed by atoms with van der Waals surface area (Å²) in [5, 5.41) is 4.46. The van der Waals surface area contributed by atoms with Crippen LogP contribution >= 0.6 is 11.3 Å². The highest BCUT2D eigenvalue weighted by atomic mass is 32.1. The van der Waals surface area contributed by atoms with Crippen molar-refractivity contribution in [1.29, 1.82) is 0 Å². The Kier molecular flexibility index (Phi) is 3.38. The van der Waals surface area contributed by atoms with E-state index in [0.717, 1.165) is 36.5 Å². The fraction of sp³-hybridized carbons (Fsp3) is 0.733. The summed E-state index contributed by atoms with van der Waals surface area (Å²) in [4.78, 5) is 17.9. The molecule has 4 atom stereocenters. The number of anilines is 1. The maximum absolute atomic E-state index is 12.0. The van der Waals surface area contributed by atoms with E-state index in [4.69, 9.17) is 9.47 Å². The molecule has 1 aliphatic carbocycles. The van der Waals surface area contributed by atoms with Crippen LogP contribution in [0.5, 0.6) is 0 Å². The van der Waals surface area contributed by atoms with Crippen molar-refractivity contribution in [3.05, 3.63) is 10.6 Å². The number of nitrogens with one attached hydrogen (secondary N) is 1. The molecule has 1 aromatic heterocycles. The Morgan fingerprint density at radius 2 is 2.38 bits per heavy atom. The number of hydrogen-bond acceptors (Lipinski definition) is 6. The minimum atomic E-state index is -0.164. The molecule has 2 fully saturated rings. The third-order valence-electron chi connectivity index (χ3n) is 4.70. The number of rotatable bonds is 4. The van der Waals surface area contributed by atoms with E-state index in [2.05, 4.69) is 10.3 Å². The van der Waals surface area contributed by atoms with Gasteiger partial charge in [0.25, 0.3) is 0 Å². The zero-order chi connectivity index (χ0) is 14.4. The van der Waals surface area contributed by atoms with Crippen LogP contribution in [0, 0.1) is 0 Å². The molecule has 0 spiro atoms. The molecule has 0 aromatic carbocycles. The molecule has 4 rings (SSSR count). The summed E-state index contributed by atoms with van der Waals surface area (Å²) < 4.78 is 11.0. The highest BCUT2D eigenvalue weighted by Crippen LogP contribution is 2.41. The highest BCUT2D eigenvalue weighted by molar-refractivity contribution is 7.15. The Labute approximate surface area is 128 Å². The lowest BCUT2D eigenvalue weighted by atomic mass is 9.96. The van der Waals surface area contributed by atoms with Crippen molar-refractivity contribution in [2.24, 2.45) is 0 Å². The molecule has 1 N–H and O–H groups in total. The average Bonchev–Trinajstić information content (AvgIpc) is 3.17. The number of esters is 1. The van der Waals surface area contributed by atoms with Crippen molar-refractivity contribution in [1.82, 2.24) is 4.98 Å². The van der Waals surface area contributed by atoms with Crippen LogP contribution in [-0.4, -0.2) is 35.8 Å². The number of hydrogen-bond donors (Lipinski definition) is 1. The number of thiazole rings is 1. The fourth-order valence-corrected chi connectivity index (χ4v) is 4.81.